The minimum absolute atomic E-state index is 0.159. The zero-order chi connectivity index (χ0) is 19.6. The van der Waals surface area contributed by atoms with Gasteiger partial charge < -0.3 is 9.88 Å². The Morgan fingerprint density at radius 1 is 1.29 bits per heavy atom. The van der Waals surface area contributed by atoms with Gasteiger partial charge in [-0.3, -0.25) is 4.79 Å². The predicted octanol–water partition coefficient (Wildman–Crippen LogP) is 3.43. The summed E-state index contributed by atoms with van der Waals surface area (Å²) < 4.78 is 2.11. The Balaban J connectivity index is 1.51. The van der Waals surface area contributed by atoms with Gasteiger partial charge in [-0.2, -0.15) is 5.26 Å². The molecule has 28 heavy (non-hydrogen) atoms. The van der Waals surface area contributed by atoms with Crippen molar-refractivity contribution in [3.05, 3.63) is 24.3 Å². The van der Waals surface area contributed by atoms with Gasteiger partial charge in [0.05, 0.1) is 17.3 Å². The smallest absolute Gasteiger partial charge is 0.231 e. The van der Waals surface area contributed by atoms with Crippen molar-refractivity contribution in [2.24, 2.45) is 0 Å². The van der Waals surface area contributed by atoms with E-state index in [9.17, 15) is 10.1 Å². The third-order valence-electron chi connectivity index (χ3n) is 5.30. The van der Waals surface area contributed by atoms with Crippen LogP contribution in [0, 0.1) is 11.3 Å². The molecular weight excluding hydrogens is 372 g/mol. The summed E-state index contributed by atoms with van der Waals surface area (Å²) in [5.41, 5.74) is 1.92. The van der Waals surface area contributed by atoms with Crippen LogP contribution in [-0.2, 0) is 11.3 Å². The number of para-hydroxylation sites is 1. The van der Waals surface area contributed by atoms with E-state index in [0.717, 1.165) is 60.7 Å². The van der Waals surface area contributed by atoms with E-state index in [4.69, 9.17) is 0 Å². The highest BCUT2D eigenvalue weighted by atomic mass is 32.2. The summed E-state index contributed by atoms with van der Waals surface area (Å²) in [6.45, 7) is 2.84. The standard InChI is InChI=1S/C20H22N6OS/c1-2-26-15-9-5-4-8-14(15)17-18(26)22-19(25-24-17)28-12-16(27)23-20(13-21)10-6-3-7-11-20/h4-5,8-9H,2-3,6-7,10-12H2,1H3,(H,23,27). The van der Waals surface area contributed by atoms with Crippen LogP contribution in [0.3, 0.4) is 0 Å². The van der Waals surface area contributed by atoms with Gasteiger partial charge in [0, 0.05) is 11.9 Å². The maximum absolute atomic E-state index is 12.4. The topological polar surface area (TPSA) is 96.5 Å². The summed E-state index contributed by atoms with van der Waals surface area (Å²) in [6, 6.07) is 10.4. The van der Waals surface area contributed by atoms with Gasteiger partial charge in [0.15, 0.2) is 5.65 Å². The average Bonchev–Trinajstić information content (AvgIpc) is 3.06. The van der Waals surface area contributed by atoms with Crippen LogP contribution in [-0.4, -0.2) is 36.9 Å². The van der Waals surface area contributed by atoms with Crippen LogP contribution < -0.4 is 5.32 Å². The van der Waals surface area contributed by atoms with E-state index in [2.05, 4.69) is 38.1 Å². The van der Waals surface area contributed by atoms with E-state index in [-0.39, 0.29) is 11.7 Å². The van der Waals surface area contributed by atoms with Gasteiger partial charge >= 0.3 is 0 Å². The van der Waals surface area contributed by atoms with Crippen molar-refractivity contribution < 1.29 is 4.79 Å². The number of hydrogen-bond donors (Lipinski definition) is 1. The first-order valence-corrected chi connectivity index (χ1v) is 10.6. The van der Waals surface area contributed by atoms with Crippen molar-refractivity contribution in [2.75, 3.05) is 5.75 Å². The zero-order valence-electron chi connectivity index (χ0n) is 15.8. The minimum atomic E-state index is -0.715. The van der Waals surface area contributed by atoms with Crippen LogP contribution in [0.2, 0.25) is 0 Å². The molecule has 1 fully saturated rings. The summed E-state index contributed by atoms with van der Waals surface area (Å²) in [5.74, 6) is 0.0105. The maximum atomic E-state index is 12.4. The molecule has 1 aliphatic carbocycles. The first-order chi connectivity index (χ1) is 13.7. The fourth-order valence-corrected chi connectivity index (χ4v) is 4.51. The SMILES string of the molecule is CCn1c2ccccc2c2nnc(SCC(=O)NC3(C#N)CCCCC3)nc21. The van der Waals surface area contributed by atoms with E-state index in [1.165, 1.54) is 11.8 Å². The molecular formula is C20H22N6OS. The maximum Gasteiger partial charge on any atom is 0.231 e. The highest BCUT2D eigenvalue weighted by Crippen LogP contribution is 2.29. The van der Waals surface area contributed by atoms with Gasteiger partial charge in [0.1, 0.15) is 11.1 Å². The van der Waals surface area contributed by atoms with E-state index >= 15 is 0 Å². The van der Waals surface area contributed by atoms with Gasteiger partial charge in [-0.25, -0.2) is 4.98 Å². The number of rotatable bonds is 5. The summed E-state index contributed by atoms with van der Waals surface area (Å²) >= 11 is 1.25. The lowest BCUT2D eigenvalue weighted by molar-refractivity contribution is -0.120. The number of hydrogen-bond acceptors (Lipinski definition) is 6. The minimum Gasteiger partial charge on any atom is -0.337 e. The number of carbonyl (C=O) groups excluding carboxylic acids is 1. The van der Waals surface area contributed by atoms with Crippen molar-refractivity contribution in [3.63, 3.8) is 0 Å². The molecule has 3 aromatic rings. The van der Waals surface area contributed by atoms with E-state index in [1.54, 1.807) is 0 Å². The number of nitrogens with one attached hydrogen (secondary N) is 1. The van der Waals surface area contributed by atoms with Gasteiger partial charge in [-0.15, -0.1) is 10.2 Å². The van der Waals surface area contributed by atoms with Crippen LogP contribution in [0.4, 0.5) is 0 Å². The van der Waals surface area contributed by atoms with Crippen LogP contribution in [0.5, 0.6) is 0 Å². The Morgan fingerprint density at radius 3 is 2.82 bits per heavy atom. The van der Waals surface area contributed by atoms with E-state index in [0.29, 0.717) is 5.16 Å². The quantitative estimate of drug-likeness (QED) is 0.666. The van der Waals surface area contributed by atoms with Gasteiger partial charge in [0.2, 0.25) is 11.1 Å². The lowest BCUT2D eigenvalue weighted by Gasteiger charge is -2.31. The summed E-state index contributed by atoms with van der Waals surface area (Å²) in [4.78, 5) is 17.1. The van der Waals surface area contributed by atoms with Crippen LogP contribution >= 0.6 is 11.8 Å². The molecule has 0 bridgehead atoms. The molecule has 8 heteroatoms. The molecule has 7 nitrogen and oxygen atoms in total. The monoisotopic (exact) mass is 394 g/mol. The summed E-state index contributed by atoms with van der Waals surface area (Å²) in [6.07, 6.45) is 4.53. The fourth-order valence-electron chi connectivity index (χ4n) is 3.92. The Hall–Kier alpha value is -2.66. The first-order valence-electron chi connectivity index (χ1n) is 9.62. The molecule has 1 amide bonds. The molecule has 0 atom stereocenters. The van der Waals surface area contributed by atoms with Crippen LogP contribution in [0.15, 0.2) is 29.4 Å². The lowest BCUT2D eigenvalue weighted by atomic mass is 9.83. The molecule has 144 valence electrons. The molecule has 2 aromatic heterocycles. The lowest BCUT2D eigenvalue weighted by Crippen LogP contribution is -2.49. The van der Waals surface area contributed by atoms with Crippen LogP contribution in [0.25, 0.3) is 22.1 Å². The Morgan fingerprint density at radius 2 is 2.07 bits per heavy atom. The van der Waals surface area contributed by atoms with Crippen molar-refractivity contribution in [3.8, 4) is 6.07 Å². The van der Waals surface area contributed by atoms with Gasteiger partial charge in [0.25, 0.3) is 0 Å². The molecule has 1 saturated carbocycles. The fraction of sp³-hybridized carbons (Fsp3) is 0.450. The Bertz CT molecular complexity index is 1060. The molecule has 1 N–H and O–H groups in total. The van der Waals surface area contributed by atoms with Crippen molar-refractivity contribution in [1.82, 2.24) is 25.1 Å². The van der Waals surface area contributed by atoms with Crippen molar-refractivity contribution in [2.45, 2.75) is 56.3 Å². The van der Waals surface area contributed by atoms with Gasteiger partial charge in [-0.05, 0) is 25.8 Å². The highest BCUT2D eigenvalue weighted by Gasteiger charge is 2.33. The zero-order valence-corrected chi connectivity index (χ0v) is 16.6. The number of thioether (sulfide) groups is 1. The molecule has 1 aliphatic rings. The molecule has 0 spiro atoms. The number of nitrogens with zero attached hydrogens (tertiary/aromatic N) is 5. The number of aryl methyl sites for hydroxylation is 1. The molecule has 0 radical (unpaired) electrons. The third-order valence-corrected chi connectivity index (χ3v) is 6.14. The van der Waals surface area contributed by atoms with E-state index < -0.39 is 5.54 Å². The number of benzene rings is 1. The number of carbonyl (C=O) groups is 1. The molecule has 0 saturated heterocycles. The number of fused-ring (bicyclic) bond motifs is 3. The normalized spacial score (nSPS) is 16.1. The van der Waals surface area contributed by atoms with Crippen LogP contribution in [0.1, 0.15) is 39.0 Å². The summed E-state index contributed by atoms with van der Waals surface area (Å²) in [7, 11) is 0. The Kier molecular flexibility index (Phi) is 5.18. The number of aromatic nitrogens is 4. The molecule has 2 heterocycles. The second-order valence-corrected chi connectivity index (χ2v) is 8.06. The molecule has 0 aliphatic heterocycles. The predicted molar refractivity (Wildman–Crippen MR) is 109 cm³/mol. The largest absolute Gasteiger partial charge is 0.337 e. The molecule has 4 rings (SSSR count). The van der Waals surface area contributed by atoms with Gasteiger partial charge in [-0.1, -0.05) is 49.2 Å². The second kappa shape index (κ2) is 7.76. The van der Waals surface area contributed by atoms with Crippen molar-refractivity contribution in [1.29, 1.82) is 5.26 Å². The first kappa shape index (κ1) is 18.7. The number of amides is 1. The molecule has 1 aromatic carbocycles. The highest BCUT2D eigenvalue weighted by molar-refractivity contribution is 7.99. The van der Waals surface area contributed by atoms with E-state index in [1.807, 2.05) is 24.3 Å². The number of nitriles is 1. The molecule has 0 unspecified atom stereocenters. The summed E-state index contributed by atoms with van der Waals surface area (Å²) in [5, 5.41) is 22.5. The Labute approximate surface area is 167 Å². The average molecular weight is 395 g/mol. The second-order valence-electron chi connectivity index (χ2n) is 7.12. The third kappa shape index (κ3) is 3.42. The van der Waals surface area contributed by atoms with Crippen molar-refractivity contribution >= 4 is 39.7 Å².